The lowest BCUT2D eigenvalue weighted by Gasteiger charge is -2.28. The largest absolute Gasteiger partial charge is 0.493 e. The van der Waals surface area contributed by atoms with E-state index in [0.29, 0.717) is 11.3 Å². The van der Waals surface area contributed by atoms with Gasteiger partial charge in [0, 0.05) is 11.3 Å². The van der Waals surface area contributed by atoms with Gasteiger partial charge in [0.25, 0.3) is 0 Å². The molecule has 0 saturated carbocycles. The first-order valence-electron chi connectivity index (χ1n) is 6.63. The Labute approximate surface area is 113 Å². The molecule has 1 saturated heterocycles. The number of methoxy groups -OCH3 is 1. The van der Waals surface area contributed by atoms with E-state index in [0.717, 1.165) is 11.4 Å². The smallest absolute Gasteiger partial charge is 0.161 e. The molecule has 4 nitrogen and oxygen atoms in total. The summed E-state index contributed by atoms with van der Waals surface area (Å²) in [6.07, 6.45) is 5.57. The SMILES string of the molecule is COc1cnn(C(C)C)c1C(N)C1CCCCS1. The first kappa shape index (κ1) is 13.7. The molecule has 2 heterocycles. The molecule has 0 aliphatic carbocycles. The van der Waals surface area contributed by atoms with Gasteiger partial charge in [-0.25, -0.2) is 0 Å². The van der Waals surface area contributed by atoms with Gasteiger partial charge in [0.15, 0.2) is 5.75 Å². The van der Waals surface area contributed by atoms with Crippen molar-refractivity contribution in [3.63, 3.8) is 0 Å². The maximum atomic E-state index is 6.47. The second kappa shape index (κ2) is 5.97. The lowest BCUT2D eigenvalue weighted by molar-refractivity contribution is 0.393. The Bertz CT molecular complexity index is 386. The molecule has 0 aromatic carbocycles. The number of ether oxygens (including phenoxy) is 1. The molecule has 102 valence electrons. The zero-order chi connectivity index (χ0) is 13.1. The fourth-order valence-corrected chi connectivity index (χ4v) is 3.81. The van der Waals surface area contributed by atoms with Crippen molar-refractivity contribution in [1.82, 2.24) is 9.78 Å². The summed E-state index contributed by atoms with van der Waals surface area (Å²) in [6.45, 7) is 4.24. The van der Waals surface area contributed by atoms with Gasteiger partial charge in [0.2, 0.25) is 0 Å². The minimum atomic E-state index is 0.00940. The Hall–Kier alpha value is -0.680. The first-order chi connectivity index (χ1) is 8.65. The van der Waals surface area contributed by atoms with Crippen LogP contribution in [-0.2, 0) is 0 Å². The van der Waals surface area contributed by atoms with Gasteiger partial charge in [-0.2, -0.15) is 16.9 Å². The maximum absolute atomic E-state index is 6.47. The standard InChI is InChI=1S/C13H23N3OS/c1-9(2)16-13(10(17-3)8-15-16)12(14)11-6-4-5-7-18-11/h8-9,11-12H,4-7,14H2,1-3H3. The van der Waals surface area contributed by atoms with Crippen LogP contribution in [0, 0.1) is 0 Å². The monoisotopic (exact) mass is 269 g/mol. The Morgan fingerprint density at radius 3 is 2.83 bits per heavy atom. The second-order valence-corrected chi connectivity index (χ2v) is 6.41. The van der Waals surface area contributed by atoms with Crippen molar-refractivity contribution in [1.29, 1.82) is 0 Å². The molecule has 5 heteroatoms. The lowest BCUT2D eigenvalue weighted by atomic mass is 10.0. The highest BCUT2D eigenvalue weighted by molar-refractivity contribution is 8.00. The van der Waals surface area contributed by atoms with Crippen LogP contribution in [-0.4, -0.2) is 27.9 Å². The fourth-order valence-electron chi connectivity index (χ4n) is 2.47. The van der Waals surface area contributed by atoms with Crippen molar-refractivity contribution in [2.24, 2.45) is 5.73 Å². The van der Waals surface area contributed by atoms with Gasteiger partial charge in [-0.3, -0.25) is 4.68 Å². The third-order valence-corrected chi connectivity index (χ3v) is 4.92. The molecule has 0 radical (unpaired) electrons. The van der Waals surface area contributed by atoms with Gasteiger partial charge in [0.1, 0.15) is 0 Å². The zero-order valence-corrected chi connectivity index (χ0v) is 12.2. The number of hydrogen-bond donors (Lipinski definition) is 1. The van der Waals surface area contributed by atoms with Crippen LogP contribution in [0.1, 0.15) is 50.9 Å². The molecule has 1 fully saturated rings. The molecule has 0 spiro atoms. The molecule has 1 aromatic heterocycles. The van der Waals surface area contributed by atoms with E-state index < -0.39 is 0 Å². The number of rotatable bonds is 4. The van der Waals surface area contributed by atoms with Crippen molar-refractivity contribution >= 4 is 11.8 Å². The normalized spacial score (nSPS) is 22.2. The molecule has 0 amide bonds. The molecule has 2 unspecified atom stereocenters. The zero-order valence-electron chi connectivity index (χ0n) is 11.4. The fraction of sp³-hybridized carbons (Fsp3) is 0.769. The third-order valence-electron chi connectivity index (χ3n) is 3.44. The average Bonchev–Trinajstić information content (AvgIpc) is 2.82. The molecule has 2 atom stereocenters. The summed E-state index contributed by atoms with van der Waals surface area (Å²) in [6, 6.07) is 0.318. The average molecular weight is 269 g/mol. The Morgan fingerprint density at radius 2 is 2.28 bits per heavy atom. The summed E-state index contributed by atoms with van der Waals surface area (Å²) < 4.78 is 7.41. The molecule has 1 aliphatic rings. The van der Waals surface area contributed by atoms with E-state index >= 15 is 0 Å². The van der Waals surface area contributed by atoms with Crippen LogP contribution in [0.5, 0.6) is 5.75 Å². The van der Waals surface area contributed by atoms with Gasteiger partial charge in [0.05, 0.1) is 25.0 Å². The minimum Gasteiger partial charge on any atom is -0.493 e. The van der Waals surface area contributed by atoms with Crippen LogP contribution in [0.4, 0.5) is 0 Å². The highest BCUT2D eigenvalue weighted by Crippen LogP contribution is 2.37. The molecular weight excluding hydrogens is 246 g/mol. The van der Waals surface area contributed by atoms with E-state index in [4.69, 9.17) is 10.5 Å². The highest BCUT2D eigenvalue weighted by atomic mass is 32.2. The molecule has 1 aliphatic heterocycles. The topological polar surface area (TPSA) is 53.1 Å². The quantitative estimate of drug-likeness (QED) is 0.913. The highest BCUT2D eigenvalue weighted by Gasteiger charge is 2.28. The van der Waals surface area contributed by atoms with E-state index in [1.165, 1.54) is 25.0 Å². The van der Waals surface area contributed by atoms with E-state index in [2.05, 4.69) is 18.9 Å². The van der Waals surface area contributed by atoms with Crippen LogP contribution >= 0.6 is 11.8 Å². The molecule has 2 rings (SSSR count). The van der Waals surface area contributed by atoms with Crippen LogP contribution in [0.3, 0.4) is 0 Å². The van der Waals surface area contributed by atoms with E-state index in [9.17, 15) is 0 Å². The summed E-state index contributed by atoms with van der Waals surface area (Å²) in [7, 11) is 1.69. The Morgan fingerprint density at radius 1 is 1.50 bits per heavy atom. The summed E-state index contributed by atoms with van der Waals surface area (Å²) in [5.74, 6) is 2.04. The van der Waals surface area contributed by atoms with Crippen molar-refractivity contribution in [3.8, 4) is 5.75 Å². The number of thioether (sulfide) groups is 1. The molecular formula is C13H23N3OS. The van der Waals surface area contributed by atoms with E-state index in [1.54, 1.807) is 13.3 Å². The van der Waals surface area contributed by atoms with Crippen LogP contribution < -0.4 is 10.5 Å². The van der Waals surface area contributed by atoms with Crippen LogP contribution in [0.2, 0.25) is 0 Å². The van der Waals surface area contributed by atoms with Gasteiger partial charge in [-0.1, -0.05) is 6.42 Å². The molecule has 0 bridgehead atoms. The predicted octanol–water partition coefficient (Wildman–Crippen LogP) is 2.76. The lowest BCUT2D eigenvalue weighted by Crippen LogP contribution is -2.29. The Kier molecular flexibility index (Phi) is 4.56. The Balaban J connectivity index is 2.26. The minimum absolute atomic E-state index is 0.00940. The van der Waals surface area contributed by atoms with Gasteiger partial charge < -0.3 is 10.5 Å². The van der Waals surface area contributed by atoms with Gasteiger partial charge >= 0.3 is 0 Å². The van der Waals surface area contributed by atoms with Crippen molar-refractivity contribution < 1.29 is 4.74 Å². The van der Waals surface area contributed by atoms with Gasteiger partial charge in [-0.15, -0.1) is 0 Å². The molecule has 1 aromatic rings. The van der Waals surface area contributed by atoms with Crippen LogP contribution in [0.25, 0.3) is 0 Å². The number of nitrogens with two attached hydrogens (primary N) is 1. The summed E-state index contributed by atoms with van der Waals surface area (Å²) in [5.41, 5.74) is 7.52. The summed E-state index contributed by atoms with van der Waals surface area (Å²) in [5, 5.41) is 4.89. The number of hydrogen-bond acceptors (Lipinski definition) is 4. The van der Waals surface area contributed by atoms with Crippen LogP contribution in [0.15, 0.2) is 6.20 Å². The summed E-state index contributed by atoms with van der Waals surface area (Å²) >= 11 is 1.99. The van der Waals surface area contributed by atoms with E-state index in [1.807, 2.05) is 16.4 Å². The maximum Gasteiger partial charge on any atom is 0.161 e. The predicted molar refractivity (Wildman–Crippen MR) is 76.2 cm³/mol. The number of aromatic nitrogens is 2. The molecule has 18 heavy (non-hydrogen) atoms. The van der Waals surface area contributed by atoms with Crippen molar-refractivity contribution in [2.45, 2.75) is 50.4 Å². The van der Waals surface area contributed by atoms with Crippen molar-refractivity contribution in [3.05, 3.63) is 11.9 Å². The summed E-state index contributed by atoms with van der Waals surface area (Å²) in [4.78, 5) is 0. The van der Waals surface area contributed by atoms with Crippen molar-refractivity contribution in [2.75, 3.05) is 12.9 Å². The third kappa shape index (κ3) is 2.67. The number of nitrogens with zero attached hydrogens (tertiary/aromatic N) is 2. The molecule has 2 N–H and O–H groups in total. The van der Waals surface area contributed by atoms with Gasteiger partial charge in [-0.05, 0) is 32.4 Å². The van der Waals surface area contributed by atoms with E-state index in [-0.39, 0.29) is 6.04 Å². The first-order valence-corrected chi connectivity index (χ1v) is 7.68. The second-order valence-electron chi connectivity index (χ2n) is 5.07.